The number of hydrogen-bond donors (Lipinski definition) is 2. The Kier molecular flexibility index (Phi) is 5.81. The van der Waals surface area contributed by atoms with Crippen LogP contribution in [0, 0.1) is 5.92 Å². The number of hydrogen-bond acceptors (Lipinski definition) is 2. The van der Waals surface area contributed by atoms with Gasteiger partial charge in [-0.15, -0.1) is 0 Å². The third-order valence-electron chi connectivity index (χ3n) is 2.98. The lowest BCUT2D eigenvalue weighted by molar-refractivity contribution is -0.122. The molecule has 1 unspecified atom stereocenters. The summed E-state index contributed by atoms with van der Waals surface area (Å²) in [4.78, 5) is 11.6. The predicted octanol–water partition coefficient (Wildman–Crippen LogP) is 2.07. The Bertz CT molecular complexity index is 212. The molecule has 0 aliphatic heterocycles. The van der Waals surface area contributed by atoms with E-state index >= 15 is 0 Å². The van der Waals surface area contributed by atoms with E-state index in [9.17, 15) is 4.79 Å². The Morgan fingerprint density at radius 1 is 1.25 bits per heavy atom. The number of carbonyl (C=O) groups is 1. The Hall–Kier alpha value is -0.570. The lowest BCUT2D eigenvalue weighted by Crippen LogP contribution is -2.43. The van der Waals surface area contributed by atoms with E-state index in [1.165, 1.54) is 19.3 Å². The minimum Gasteiger partial charge on any atom is -0.352 e. The van der Waals surface area contributed by atoms with Gasteiger partial charge in [-0.2, -0.15) is 0 Å². The van der Waals surface area contributed by atoms with E-state index in [0.717, 1.165) is 25.3 Å². The van der Waals surface area contributed by atoms with Crippen molar-refractivity contribution in [1.29, 1.82) is 0 Å². The summed E-state index contributed by atoms with van der Waals surface area (Å²) in [6.45, 7) is 7.39. The number of rotatable bonds is 8. The van der Waals surface area contributed by atoms with E-state index in [2.05, 4.69) is 24.5 Å². The number of unbranched alkanes of at least 4 members (excludes halogenated alkanes) is 1. The first-order valence-corrected chi connectivity index (χ1v) is 6.63. The maximum absolute atomic E-state index is 11.6. The smallest absolute Gasteiger partial charge is 0.237 e. The molecule has 0 aromatic rings. The third-order valence-corrected chi connectivity index (χ3v) is 2.98. The summed E-state index contributed by atoms with van der Waals surface area (Å²) in [6, 6.07) is 0.428. The topological polar surface area (TPSA) is 41.1 Å². The van der Waals surface area contributed by atoms with Gasteiger partial charge >= 0.3 is 0 Å². The molecule has 0 radical (unpaired) electrons. The first kappa shape index (κ1) is 13.5. The highest BCUT2D eigenvalue weighted by atomic mass is 16.2. The van der Waals surface area contributed by atoms with Crippen LogP contribution in [0.15, 0.2) is 0 Å². The lowest BCUT2D eigenvalue weighted by atomic mass is 10.1. The van der Waals surface area contributed by atoms with Gasteiger partial charge in [0.1, 0.15) is 0 Å². The SMILES string of the molecule is CC(C)CCCCNC(C)C(=O)NC1CC1. The minimum absolute atomic E-state index is 0.0420. The summed E-state index contributed by atoms with van der Waals surface area (Å²) in [5.41, 5.74) is 0. The molecule has 1 atom stereocenters. The summed E-state index contributed by atoms with van der Waals surface area (Å²) in [7, 11) is 0. The van der Waals surface area contributed by atoms with E-state index in [-0.39, 0.29) is 11.9 Å². The predicted molar refractivity (Wildman–Crippen MR) is 67.3 cm³/mol. The van der Waals surface area contributed by atoms with Gasteiger partial charge in [-0.1, -0.05) is 26.7 Å². The highest BCUT2D eigenvalue weighted by Gasteiger charge is 2.25. The van der Waals surface area contributed by atoms with Crippen LogP contribution in [-0.4, -0.2) is 24.5 Å². The van der Waals surface area contributed by atoms with Crippen molar-refractivity contribution in [3.05, 3.63) is 0 Å². The average Bonchev–Trinajstić information content (AvgIpc) is 3.00. The third kappa shape index (κ3) is 6.11. The summed E-state index contributed by atoms with van der Waals surface area (Å²) in [5.74, 6) is 0.946. The molecule has 3 heteroatoms. The number of carbonyl (C=O) groups excluding carboxylic acids is 1. The van der Waals surface area contributed by atoms with E-state index in [1.807, 2.05) is 6.92 Å². The lowest BCUT2D eigenvalue weighted by Gasteiger charge is -2.13. The summed E-state index contributed by atoms with van der Waals surface area (Å²) >= 11 is 0. The van der Waals surface area contributed by atoms with Gasteiger partial charge in [0, 0.05) is 6.04 Å². The van der Waals surface area contributed by atoms with Crippen LogP contribution in [0.3, 0.4) is 0 Å². The first-order chi connectivity index (χ1) is 7.59. The molecule has 0 bridgehead atoms. The van der Waals surface area contributed by atoms with Crippen LogP contribution in [-0.2, 0) is 4.79 Å². The number of amides is 1. The Morgan fingerprint density at radius 3 is 2.50 bits per heavy atom. The van der Waals surface area contributed by atoms with Crippen LogP contribution in [0.4, 0.5) is 0 Å². The molecule has 1 aliphatic carbocycles. The van der Waals surface area contributed by atoms with Crippen molar-refractivity contribution in [1.82, 2.24) is 10.6 Å². The van der Waals surface area contributed by atoms with Crippen LogP contribution < -0.4 is 10.6 Å². The standard InChI is InChI=1S/C13H26N2O/c1-10(2)6-4-5-9-14-11(3)13(16)15-12-7-8-12/h10-12,14H,4-9H2,1-3H3,(H,15,16). The van der Waals surface area contributed by atoms with Crippen molar-refractivity contribution in [2.45, 2.75) is 65.0 Å². The van der Waals surface area contributed by atoms with Crippen molar-refractivity contribution in [2.75, 3.05) is 6.54 Å². The van der Waals surface area contributed by atoms with E-state index in [0.29, 0.717) is 6.04 Å². The molecule has 94 valence electrons. The number of nitrogens with one attached hydrogen (secondary N) is 2. The Labute approximate surface area is 99.4 Å². The van der Waals surface area contributed by atoms with Gasteiger partial charge in [0.2, 0.25) is 5.91 Å². The quantitative estimate of drug-likeness (QED) is 0.622. The van der Waals surface area contributed by atoms with Crippen LogP contribution in [0.25, 0.3) is 0 Å². The maximum atomic E-state index is 11.6. The minimum atomic E-state index is -0.0420. The monoisotopic (exact) mass is 226 g/mol. The van der Waals surface area contributed by atoms with E-state index in [1.54, 1.807) is 0 Å². The molecule has 0 heterocycles. The van der Waals surface area contributed by atoms with Gasteiger partial charge in [-0.05, 0) is 38.6 Å². The Morgan fingerprint density at radius 2 is 1.94 bits per heavy atom. The van der Waals surface area contributed by atoms with Crippen LogP contribution in [0.2, 0.25) is 0 Å². The fourth-order valence-corrected chi connectivity index (χ4v) is 1.64. The zero-order chi connectivity index (χ0) is 12.0. The molecular weight excluding hydrogens is 200 g/mol. The zero-order valence-electron chi connectivity index (χ0n) is 10.9. The zero-order valence-corrected chi connectivity index (χ0v) is 10.9. The van der Waals surface area contributed by atoms with Gasteiger partial charge in [0.15, 0.2) is 0 Å². The highest BCUT2D eigenvalue weighted by molar-refractivity contribution is 5.81. The molecule has 3 nitrogen and oxygen atoms in total. The van der Waals surface area contributed by atoms with Crippen molar-refractivity contribution >= 4 is 5.91 Å². The molecule has 1 fully saturated rings. The van der Waals surface area contributed by atoms with E-state index in [4.69, 9.17) is 0 Å². The Balaban J connectivity index is 1.96. The van der Waals surface area contributed by atoms with E-state index < -0.39 is 0 Å². The normalized spacial score (nSPS) is 17.5. The van der Waals surface area contributed by atoms with Gasteiger partial charge < -0.3 is 10.6 Å². The molecule has 1 amide bonds. The largest absolute Gasteiger partial charge is 0.352 e. The summed E-state index contributed by atoms with van der Waals surface area (Å²) in [6.07, 6.45) is 6.02. The second kappa shape index (κ2) is 6.89. The van der Waals surface area contributed by atoms with Crippen molar-refractivity contribution in [3.8, 4) is 0 Å². The maximum Gasteiger partial charge on any atom is 0.237 e. The molecule has 1 aliphatic rings. The molecule has 1 saturated carbocycles. The van der Waals surface area contributed by atoms with Crippen LogP contribution in [0.1, 0.15) is 52.9 Å². The van der Waals surface area contributed by atoms with Crippen LogP contribution in [0.5, 0.6) is 0 Å². The molecule has 0 saturated heterocycles. The molecule has 1 rings (SSSR count). The molecule has 16 heavy (non-hydrogen) atoms. The second-order valence-corrected chi connectivity index (χ2v) is 5.35. The highest BCUT2D eigenvalue weighted by Crippen LogP contribution is 2.18. The van der Waals surface area contributed by atoms with Gasteiger partial charge in [-0.3, -0.25) is 4.79 Å². The molecule has 0 spiro atoms. The molecule has 2 N–H and O–H groups in total. The fourth-order valence-electron chi connectivity index (χ4n) is 1.64. The van der Waals surface area contributed by atoms with Gasteiger partial charge in [0.05, 0.1) is 6.04 Å². The molecule has 0 aromatic heterocycles. The van der Waals surface area contributed by atoms with Crippen LogP contribution >= 0.6 is 0 Å². The van der Waals surface area contributed by atoms with Crippen molar-refractivity contribution < 1.29 is 4.79 Å². The molecule has 0 aromatic carbocycles. The summed E-state index contributed by atoms with van der Waals surface area (Å²) in [5, 5.41) is 6.29. The first-order valence-electron chi connectivity index (χ1n) is 6.63. The van der Waals surface area contributed by atoms with Gasteiger partial charge in [-0.25, -0.2) is 0 Å². The molecular formula is C13H26N2O. The fraction of sp³-hybridized carbons (Fsp3) is 0.923. The second-order valence-electron chi connectivity index (χ2n) is 5.35. The van der Waals surface area contributed by atoms with Gasteiger partial charge in [0.25, 0.3) is 0 Å². The average molecular weight is 226 g/mol. The van der Waals surface area contributed by atoms with Crippen molar-refractivity contribution in [2.24, 2.45) is 5.92 Å². The van der Waals surface area contributed by atoms with Crippen molar-refractivity contribution in [3.63, 3.8) is 0 Å². The summed E-state index contributed by atoms with van der Waals surface area (Å²) < 4.78 is 0.